The van der Waals surface area contributed by atoms with Gasteiger partial charge in [-0.15, -0.1) is 0 Å². The zero-order valence-corrected chi connectivity index (χ0v) is 24.6. The van der Waals surface area contributed by atoms with E-state index < -0.39 is 0 Å². The molecule has 6 rings (SSSR count). The molecular formula is C31H40N8O2. The third-order valence-electron chi connectivity index (χ3n) is 8.31. The van der Waals surface area contributed by atoms with Crippen LogP contribution in [0.4, 0.5) is 5.95 Å². The maximum atomic E-state index is 13.6. The molecule has 1 fully saturated rings. The summed E-state index contributed by atoms with van der Waals surface area (Å²) in [5.74, 6) is 0.318. The number of piperazine rings is 1. The number of carbonyl (C=O) groups excluding carboxylic acids is 1. The van der Waals surface area contributed by atoms with E-state index in [9.17, 15) is 4.79 Å². The highest BCUT2D eigenvalue weighted by atomic mass is 16.5. The minimum atomic E-state index is -0.212. The first-order valence-corrected chi connectivity index (χ1v) is 14.7. The van der Waals surface area contributed by atoms with Crippen LogP contribution in [0.5, 0.6) is 0 Å². The molecule has 0 saturated carbocycles. The maximum absolute atomic E-state index is 13.6. The molecule has 3 aromatic heterocycles. The topological polar surface area (TPSA) is 93.3 Å². The SMILES string of the molecule is CCN1CCN(Cc2ccc3nc4n(c3c2)C[C@@H](C)OCCCc2c(cnn2C)-c2cc(cc(C)n2)C(=O)N4)CC1. The first kappa shape index (κ1) is 27.6. The summed E-state index contributed by atoms with van der Waals surface area (Å²) in [4.78, 5) is 28.3. The molecule has 2 aliphatic rings. The van der Waals surface area contributed by atoms with Crippen LogP contribution in [-0.4, -0.2) is 85.5 Å². The summed E-state index contributed by atoms with van der Waals surface area (Å²) in [6.07, 6.45) is 3.45. The molecule has 1 saturated heterocycles. The second-order valence-electron chi connectivity index (χ2n) is 11.3. The Morgan fingerprint density at radius 1 is 1.07 bits per heavy atom. The Morgan fingerprint density at radius 2 is 1.88 bits per heavy atom. The van der Waals surface area contributed by atoms with E-state index in [1.54, 1.807) is 0 Å². The van der Waals surface area contributed by atoms with Gasteiger partial charge in [0, 0.05) is 68.9 Å². The average Bonchev–Trinajstić information content (AvgIpc) is 3.49. The van der Waals surface area contributed by atoms with Crippen LogP contribution in [0.1, 0.15) is 47.6 Å². The number of aromatic nitrogens is 5. The van der Waals surface area contributed by atoms with Gasteiger partial charge in [0.15, 0.2) is 0 Å². The normalized spacial score (nSPS) is 19.3. The Kier molecular flexibility index (Phi) is 7.88. The van der Waals surface area contributed by atoms with E-state index in [0.29, 0.717) is 24.7 Å². The van der Waals surface area contributed by atoms with Gasteiger partial charge in [-0.3, -0.25) is 24.7 Å². The number of hydrogen-bond donors (Lipinski definition) is 1. The number of pyridine rings is 1. The number of rotatable bonds is 3. The van der Waals surface area contributed by atoms with Gasteiger partial charge in [0.2, 0.25) is 5.95 Å². The molecule has 2 aliphatic heterocycles. The number of nitrogens with zero attached hydrogens (tertiary/aromatic N) is 7. The van der Waals surface area contributed by atoms with Crippen molar-refractivity contribution in [1.29, 1.82) is 0 Å². The fourth-order valence-corrected chi connectivity index (χ4v) is 5.99. The molecule has 41 heavy (non-hydrogen) atoms. The Morgan fingerprint density at radius 3 is 2.68 bits per heavy atom. The van der Waals surface area contributed by atoms with E-state index in [1.807, 2.05) is 37.0 Å². The second kappa shape index (κ2) is 11.7. The molecule has 1 aromatic carbocycles. The van der Waals surface area contributed by atoms with E-state index in [0.717, 1.165) is 85.8 Å². The van der Waals surface area contributed by atoms with E-state index in [-0.39, 0.29) is 12.0 Å². The van der Waals surface area contributed by atoms with Crippen molar-refractivity contribution in [2.24, 2.45) is 7.05 Å². The number of amides is 1. The van der Waals surface area contributed by atoms with Crippen molar-refractivity contribution in [2.75, 3.05) is 44.6 Å². The van der Waals surface area contributed by atoms with Crippen molar-refractivity contribution in [2.45, 2.75) is 52.8 Å². The number of nitrogens with one attached hydrogen (secondary N) is 1. The summed E-state index contributed by atoms with van der Waals surface area (Å²) in [6.45, 7) is 13.8. The molecular weight excluding hydrogens is 516 g/mol. The van der Waals surface area contributed by atoms with Crippen LogP contribution in [0, 0.1) is 6.92 Å². The second-order valence-corrected chi connectivity index (χ2v) is 11.3. The minimum Gasteiger partial charge on any atom is -0.377 e. The van der Waals surface area contributed by atoms with Crippen LogP contribution in [0.2, 0.25) is 0 Å². The maximum Gasteiger partial charge on any atom is 0.258 e. The van der Waals surface area contributed by atoms with Crippen LogP contribution in [0.15, 0.2) is 36.5 Å². The highest BCUT2D eigenvalue weighted by Gasteiger charge is 2.21. The lowest BCUT2D eigenvalue weighted by Crippen LogP contribution is -2.45. The number of ether oxygens (including phenoxy) is 1. The van der Waals surface area contributed by atoms with Gasteiger partial charge in [-0.25, -0.2) is 4.98 Å². The Bertz CT molecular complexity index is 1550. The Hall–Kier alpha value is -3.60. The molecule has 0 spiro atoms. The first-order chi connectivity index (χ1) is 19.9. The zero-order chi connectivity index (χ0) is 28.5. The van der Waals surface area contributed by atoms with Crippen molar-refractivity contribution in [3.05, 3.63) is 59.0 Å². The van der Waals surface area contributed by atoms with Crippen molar-refractivity contribution in [3.63, 3.8) is 0 Å². The fraction of sp³-hybridized carbons (Fsp3) is 0.484. The lowest BCUT2D eigenvalue weighted by molar-refractivity contribution is 0.0537. The van der Waals surface area contributed by atoms with Crippen LogP contribution < -0.4 is 5.32 Å². The summed E-state index contributed by atoms with van der Waals surface area (Å²) >= 11 is 0. The lowest BCUT2D eigenvalue weighted by Gasteiger charge is -2.34. The lowest BCUT2D eigenvalue weighted by atomic mass is 10.1. The standard InChI is InChI=1S/C31H40N8O2/c1-5-37-10-12-38(13-11-37)20-23-8-9-26-29(16-23)39-19-22(3)41-14-6-7-28-25(18-32-36(28)4)27-17-24(15-21(2)33-27)30(40)35-31(39)34-26/h8-9,15-18,22H,5-7,10-14,19-20H2,1-4H3,(H,34,35,40)/t22-/m1/s1. The summed E-state index contributed by atoms with van der Waals surface area (Å²) in [7, 11) is 1.95. The molecule has 1 amide bonds. The molecule has 10 nitrogen and oxygen atoms in total. The molecule has 216 valence electrons. The Balaban J connectivity index is 1.34. The van der Waals surface area contributed by atoms with Gasteiger partial charge < -0.3 is 14.2 Å². The van der Waals surface area contributed by atoms with E-state index >= 15 is 0 Å². The van der Waals surface area contributed by atoms with Crippen molar-refractivity contribution < 1.29 is 9.53 Å². The average molecular weight is 557 g/mol. The van der Waals surface area contributed by atoms with Crippen LogP contribution in [0.25, 0.3) is 22.3 Å². The molecule has 0 radical (unpaired) electrons. The Labute approximate surface area is 241 Å². The molecule has 1 atom stereocenters. The van der Waals surface area contributed by atoms with E-state index in [2.05, 4.69) is 56.8 Å². The van der Waals surface area contributed by atoms with Crippen LogP contribution in [0.3, 0.4) is 0 Å². The predicted molar refractivity (Wildman–Crippen MR) is 160 cm³/mol. The highest BCUT2D eigenvalue weighted by Crippen LogP contribution is 2.27. The van der Waals surface area contributed by atoms with Gasteiger partial charge in [-0.2, -0.15) is 5.10 Å². The fourth-order valence-electron chi connectivity index (χ4n) is 5.99. The molecule has 10 heteroatoms. The van der Waals surface area contributed by atoms with E-state index in [4.69, 9.17) is 14.7 Å². The number of aryl methyl sites for hydroxylation is 2. The summed E-state index contributed by atoms with van der Waals surface area (Å²) < 4.78 is 10.3. The number of anilines is 1. The number of carbonyl (C=O) groups is 1. The quantitative estimate of drug-likeness (QED) is 0.409. The zero-order valence-electron chi connectivity index (χ0n) is 24.6. The van der Waals surface area contributed by atoms with Gasteiger partial charge in [0.05, 0.1) is 35.6 Å². The largest absolute Gasteiger partial charge is 0.377 e. The van der Waals surface area contributed by atoms with Gasteiger partial charge in [-0.1, -0.05) is 13.0 Å². The third-order valence-corrected chi connectivity index (χ3v) is 8.31. The summed E-state index contributed by atoms with van der Waals surface area (Å²) in [5, 5.41) is 7.59. The predicted octanol–water partition coefficient (Wildman–Crippen LogP) is 3.88. The minimum absolute atomic E-state index is 0.0603. The van der Waals surface area contributed by atoms with Crippen LogP contribution >= 0.6 is 0 Å². The number of imidazole rings is 1. The summed E-state index contributed by atoms with van der Waals surface area (Å²) in [5.41, 5.74) is 7.23. The van der Waals surface area contributed by atoms with Crippen molar-refractivity contribution in [1.82, 2.24) is 34.1 Å². The molecule has 1 N–H and O–H groups in total. The molecule has 5 heterocycles. The number of likely N-dealkylation sites (N-methyl/N-ethyl adjacent to an activating group) is 1. The monoisotopic (exact) mass is 556 g/mol. The number of benzene rings is 1. The smallest absolute Gasteiger partial charge is 0.258 e. The first-order valence-electron chi connectivity index (χ1n) is 14.7. The van der Waals surface area contributed by atoms with Gasteiger partial charge in [-0.05, 0) is 63.1 Å². The van der Waals surface area contributed by atoms with E-state index in [1.165, 1.54) is 5.56 Å². The van der Waals surface area contributed by atoms with Gasteiger partial charge in [0.1, 0.15) is 0 Å². The van der Waals surface area contributed by atoms with Crippen LogP contribution in [-0.2, 0) is 31.3 Å². The molecule has 4 aromatic rings. The third kappa shape index (κ3) is 5.91. The molecule has 2 bridgehead atoms. The molecule has 0 aliphatic carbocycles. The summed E-state index contributed by atoms with van der Waals surface area (Å²) in [6, 6.07) is 10.1. The van der Waals surface area contributed by atoms with Gasteiger partial charge in [0.25, 0.3) is 5.91 Å². The number of hydrogen-bond acceptors (Lipinski definition) is 7. The van der Waals surface area contributed by atoms with Crippen molar-refractivity contribution in [3.8, 4) is 11.3 Å². The molecule has 0 unspecified atom stereocenters. The van der Waals surface area contributed by atoms with Gasteiger partial charge >= 0.3 is 0 Å². The van der Waals surface area contributed by atoms with Crippen molar-refractivity contribution >= 4 is 22.9 Å². The number of fused-ring (bicyclic) bond motifs is 7. The highest BCUT2D eigenvalue weighted by molar-refractivity contribution is 6.04.